The minimum Gasteiger partial charge on any atom is -0.497 e. The van der Waals surface area contributed by atoms with E-state index in [9.17, 15) is 23.5 Å². The third-order valence-corrected chi connectivity index (χ3v) is 7.63. The Labute approximate surface area is 265 Å². The van der Waals surface area contributed by atoms with Gasteiger partial charge in [-0.1, -0.05) is 24.3 Å². The van der Waals surface area contributed by atoms with E-state index in [4.69, 9.17) is 14.2 Å². The summed E-state index contributed by atoms with van der Waals surface area (Å²) >= 11 is 0. The summed E-state index contributed by atoms with van der Waals surface area (Å²) in [5.74, 6) is -0.899. The van der Waals surface area contributed by atoms with Crippen LogP contribution in [0.5, 0.6) is 17.2 Å². The molecule has 1 heterocycles. The number of fused-ring (bicyclic) bond motifs is 1. The number of nitrogens with zero attached hydrogens (tertiary/aromatic N) is 2. The van der Waals surface area contributed by atoms with Gasteiger partial charge in [-0.2, -0.15) is 0 Å². The standard InChI is InChI=1S/C36H34F2N2O6/c1-4-39(27-15-25(37)14-26(38)16-27)36(43)33-21-40(28-17-30(44-2)19-31(18-28)45-3)34-20-29(11-12-32(34)35(33)42)46-13-5-6-23-7-9-24(22-41)10-8-23/h7-12,14-21,41H,4-6,13,22H2,1-3H3. The number of rotatable bonds is 12. The lowest BCUT2D eigenvalue weighted by molar-refractivity contribution is 0.0987. The average Bonchev–Trinajstić information content (AvgIpc) is 3.06. The van der Waals surface area contributed by atoms with Crippen LogP contribution in [0.3, 0.4) is 0 Å². The number of aliphatic hydroxyl groups excluding tert-OH is 1. The number of carbonyl (C=O) groups excluding carboxylic acids is 1. The Morgan fingerprint density at radius 2 is 1.50 bits per heavy atom. The van der Waals surface area contributed by atoms with Gasteiger partial charge < -0.3 is 28.8 Å². The topological polar surface area (TPSA) is 90.2 Å². The first kappa shape index (κ1) is 32.2. The molecule has 8 nitrogen and oxygen atoms in total. The molecule has 5 aromatic rings. The maximum absolute atomic E-state index is 14.1. The molecule has 0 spiro atoms. The van der Waals surface area contributed by atoms with Crippen LogP contribution < -0.4 is 24.5 Å². The Kier molecular flexibility index (Phi) is 9.97. The number of ether oxygens (including phenoxy) is 3. The van der Waals surface area contributed by atoms with Crippen LogP contribution in [0.2, 0.25) is 0 Å². The lowest BCUT2D eigenvalue weighted by atomic mass is 10.1. The highest BCUT2D eigenvalue weighted by Gasteiger charge is 2.24. The first-order valence-electron chi connectivity index (χ1n) is 14.8. The van der Waals surface area contributed by atoms with Crippen molar-refractivity contribution in [2.24, 2.45) is 0 Å². The van der Waals surface area contributed by atoms with Crippen LogP contribution in [0.1, 0.15) is 34.8 Å². The van der Waals surface area contributed by atoms with Gasteiger partial charge in [0.05, 0.1) is 38.6 Å². The van der Waals surface area contributed by atoms with Crippen molar-refractivity contribution in [3.8, 4) is 22.9 Å². The summed E-state index contributed by atoms with van der Waals surface area (Å²) in [7, 11) is 3.03. The second-order valence-corrected chi connectivity index (χ2v) is 10.6. The zero-order valence-corrected chi connectivity index (χ0v) is 25.8. The maximum Gasteiger partial charge on any atom is 0.263 e. The fraction of sp³-hybridized carbons (Fsp3) is 0.222. The molecule has 1 amide bonds. The molecule has 0 bridgehead atoms. The normalized spacial score (nSPS) is 11.0. The van der Waals surface area contributed by atoms with Crippen LogP contribution in [0.15, 0.2) is 89.9 Å². The van der Waals surface area contributed by atoms with Gasteiger partial charge in [-0.15, -0.1) is 0 Å². The van der Waals surface area contributed by atoms with Gasteiger partial charge in [0.25, 0.3) is 5.91 Å². The first-order chi connectivity index (χ1) is 22.2. The van der Waals surface area contributed by atoms with Crippen LogP contribution in [0, 0.1) is 11.6 Å². The van der Waals surface area contributed by atoms with Gasteiger partial charge in [-0.3, -0.25) is 9.59 Å². The van der Waals surface area contributed by atoms with E-state index in [0.29, 0.717) is 35.1 Å². The van der Waals surface area contributed by atoms with Crippen molar-refractivity contribution in [3.05, 3.63) is 124 Å². The quantitative estimate of drug-likeness (QED) is 0.160. The summed E-state index contributed by atoms with van der Waals surface area (Å²) in [6.07, 6.45) is 2.93. The summed E-state index contributed by atoms with van der Waals surface area (Å²) in [4.78, 5) is 28.9. The summed E-state index contributed by atoms with van der Waals surface area (Å²) in [6, 6.07) is 20.7. The SMILES string of the molecule is CCN(C(=O)c1cn(-c2cc(OC)cc(OC)c2)c2cc(OCCCc3ccc(CO)cc3)ccc2c1=O)c1cc(F)cc(F)c1. The monoisotopic (exact) mass is 628 g/mol. The summed E-state index contributed by atoms with van der Waals surface area (Å²) in [5.41, 5.74) is 2.24. The molecular formula is C36H34F2N2O6. The second kappa shape index (κ2) is 14.3. The average molecular weight is 629 g/mol. The Hall–Kier alpha value is -5.22. The number of methoxy groups -OCH3 is 2. The Morgan fingerprint density at radius 3 is 2.11 bits per heavy atom. The zero-order chi connectivity index (χ0) is 32.8. The van der Waals surface area contributed by atoms with E-state index in [0.717, 1.165) is 47.1 Å². The van der Waals surface area contributed by atoms with Crippen LogP contribution in [0.4, 0.5) is 14.5 Å². The fourth-order valence-electron chi connectivity index (χ4n) is 5.25. The zero-order valence-electron chi connectivity index (χ0n) is 25.8. The van der Waals surface area contributed by atoms with Crippen molar-refractivity contribution in [2.45, 2.75) is 26.4 Å². The molecule has 0 fully saturated rings. The van der Waals surface area contributed by atoms with Gasteiger partial charge in [-0.25, -0.2) is 8.78 Å². The van der Waals surface area contributed by atoms with Crippen molar-refractivity contribution in [1.82, 2.24) is 4.57 Å². The predicted octanol–water partition coefficient (Wildman–Crippen LogP) is 6.46. The summed E-state index contributed by atoms with van der Waals surface area (Å²) in [6.45, 7) is 2.13. The Morgan fingerprint density at radius 1 is 0.848 bits per heavy atom. The number of hydrogen-bond donors (Lipinski definition) is 1. The van der Waals surface area contributed by atoms with Crippen molar-refractivity contribution in [1.29, 1.82) is 0 Å². The van der Waals surface area contributed by atoms with Crippen molar-refractivity contribution in [2.75, 3.05) is 32.3 Å². The number of halogens is 2. The molecule has 0 saturated heterocycles. The number of amides is 1. The number of carbonyl (C=O) groups is 1. The number of hydrogen-bond acceptors (Lipinski definition) is 6. The summed E-state index contributed by atoms with van der Waals surface area (Å²) < 4.78 is 46.8. The highest BCUT2D eigenvalue weighted by molar-refractivity contribution is 6.07. The van der Waals surface area contributed by atoms with Crippen LogP contribution in [0.25, 0.3) is 16.6 Å². The maximum atomic E-state index is 14.1. The lowest BCUT2D eigenvalue weighted by Gasteiger charge is -2.22. The number of aliphatic hydroxyl groups is 1. The van der Waals surface area contributed by atoms with Crippen LogP contribution in [-0.4, -0.2) is 43.0 Å². The molecule has 46 heavy (non-hydrogen) atoms. The molecule has 0 aliphatic heterocycles. The number of pyridine rings is 1. The molecule has 1 N–H and O–H groups in total. The Bertz CT molecular complexity index is 1880. The molecule has 10 heteroatoms. The van der Waals surface area contributed by atoms with Gasteiger partial charge in [-0.05, 0) is 55.2 Å². The third-order valence-electron chi connectivity index (χ3n) is 7.63. The van der Waals surface area contributed by atoms with E-state index >= 15 is 0 Å². The van der Waals surface area contributed by atoms with E-state index in [2.05, 4.69) is 0 Å². The molecule has 0 aliphatic rings. The number of aromatic nitrogens is 1. The molecule has 0 unspecified atom stereocenters. The first-order valence-corrected chi connectivity index (χ1v) is 14.8. The molecule has 0 atom stereocenters. The number of anilines is 1. The van der Waals surface area contributed by atoms with E-state index in [1.807, 2.05) is 24.3 Å². The van der Waals surface area contributed by atoms with Crippen molar-refractivity contribution >= 4 is 22.5 Å². The predicted molar refractivity (Wildman–Crippen MR) is 173 cm³/mol. The fourth-order valence-corrected chi connectivity index (χ4v) is 5.25. The molecule has 0 saturated carbocycles. The summed E-state index contributed by atoms with van der Waals surface area (Å²) in [5, 5.41) is 9.49. The van der Waals surface area contributed by atoms with Gasteiger partial charge >= 0.3 is 0 Å². The van der Waals surface area contributed by atoms with E-state index in [-0.39, 0.29) is 29.8 Å². The Balaban J connectivity index is 1.54. The minimum absolute atomic E-state index is 0.00151. The molecule has 0 aliphatic carbocycles. The molecule has 1 aromatic heterocycles. The number of benzene rings is 4. The highest BCUT2D eigenvalue weighted by atomic mass is 19.1. The van der Waals surface area contributed by atoms with Gasteiger partial charge in [0.1, 0.15) is 34.4 Å². The van der Waals surface area contributed by atoms with E-state index in [1.165, 1.54) is 20.4 Å². The highest BCUT2D eigenvalue weighted by Crippen LogP contribution is 2.29. The smallest absolute Gasteiger partial charge is 0.263 e. The second-order valence-electron chi connectivity index (χ2n) is 10.6. The van der Waals surface area contributed by atoms with Crippen LogP contribution in [-0.2, 0) is 13.0 Å². The lowest BCUT2D eigenvalue weighted by Crippen LogP contribution is -2.35. The molecule has 4 aromatic carbocycles. The van der Waals surface area contributed by atoms with Crippen molar-refractivity contribution < 1.29 is 32.9 Å². The molecule has 0 radical (unpaired) electrons. The number of aryl methyl sites for hydroxylation is 1. The van der Waals surface area contributed by atoms with Gasteiger partial charge in [0.2, 0.25) is 5.43 Å². The minimum atomic E-state index is -0.840. The molecule has 5 rings (SSSR count). The van der Waals surface area contributed by atoms with Gasteiger partial charge in [0.15, 0.2) is 0 Å². The molecule has 238 valence electrons. The third kappa shape index (κ3) is 7.02. The van der Waals surface area contributed by atoms with E-state index in [1.54, 1.807) is 47.9 Å². The van der Waals surface area contributed by atoms with Crippen molar-refractivity contribution in [3.63, 3.8) is 0 Å². The van der Waals surface area contributed by atoms with E-state index < -0.39 is 23.0 Å². The largest absolute Gasteiger partial charge is 0.497 e. The van der Waals surface area contributed by atoms with Crippen LogP contribution >= 0.6 is 0 Å². The van der Waals surface area contributed by atoms with Gasteiger partial charge in [0, 0.05) is 54.1 Å². The molecular weight excluding hydrogens is 594 g/mol.